The first-order valence-corrected chi connectivity index (χ1v) is 8.56. The summed E-state index contributed by atoms with van der Waals surface area (Å²) in [7, 11) is 0. The second-order valence-electron chi connectivity index (χ2n) is 6.40. The van der Waals surface area contributed by atoms with Crippen LogP contribution in [0.3, 0.4) is 0 Å². The van der Waals surface area contributed by atoms with Gasteiger partial charge in [0.15, 0.2) is 0 Å². The predicted octanol–water partition coefficient (Wildman–Crippen LogP) is 5.17. The van der Waals surface area contributed by atoms with Crippen LogP contribution in [0.4, 0.5) is 0 Å². The van der Waals surface area contributed by atoms with Gasteiger partial charge in [-0.2, -0.15) is 0 Å². The van der Waals surface area contributed by atoms with Gasteiger partial charge in [0.2, 0.25) is 0 Å². The molecule has 0 radical (unpaired) electrons. The fourth-order valence-corrected chi connectivity index (χ4v) is 3.16. The number of unbranched alkanes of at least 4 members (excludes halogenated alkanes) is 2. The smallest absolute Gasteiger partial charge is 0.336 e. The van der Waals surface area contributed by atoms with E-state index in [1.54, 1.807) is 0 Å². The van der Waals surface area contributed by atoms with Crippen LogP contribution >= 0.6 is 0 Å². The van der Waals surface area contributed by atoms with E-state index in [2.05, 4.69) is 13.0 Å². The summed E-state index contributed by atoms with van der Waals surface area (Å²) in [6.07, 6.45) is 3.46. The first-order valence-electron chi connectivity index (χ1n) is 8.56. The Morgan fingerprint density at radius 2 is 1.75 bits per heavy atom. The number of ether oxygens (including phenoxy) is 1. The number of fused-ring (bicyclic) bond motifs is 2. The quantitative estimate of drug-likeness (QED) is 0.462. The number of hydrogen-bond acceptors (Lipinski definition) is 4. The molecule has 2 aromatic heterocycles. The third-order valence-electron chi connectivity index (χ3n) is 4.56. The Kier molecular flexibility index (Phi) is 4.76. The lowest BCUT2D eigenvalue weighted by molar-refractivity contribution is 0.117. The summed E-state index contributed by atoms with van der Waals surface area (Å²) in [5.41, 5.74) is 3.92. The number of aryl methyl sites for hydroxylation is 3. The summed E-state index contributed by atoms with van der Waals surface area (Å²) in [5.74, 6) is 0.860. The molecule has 3 aromatic rings. The molecule has 0 N–H and O–H groups in total. The number of furan rings is 1. The van der Waals surface area contributed by atoms with Crippen molar-refractivity contribution in [3.8, 4) is 0 Å². The van der Waals surface area contributed by atoms with E-state index in [-0.39, 0.29) is 5.63 Å². The van der Waals surface area contributed by atoms with Gasteiger partial charge in [0.1, 0.15) is 16.9 Å². The van der Waals surface area contributed by atoms with Gasteiger partial charge >= 0.3 is 5.63 Å². The van der Waals surface area contributed by atoms with Gasteiger partial charge in [-0.25, -0.2) is 4.79 Å². The van der Waals surface area contributed by atoms with Crippen LogP contribution in [0.5, 0.6) is 0 Å². The minimum atomic E-state index is -0.329. The maximum Gasteiger partial charge on any atom is 0.336 e. The predicted molar refractivity (Wildman–Crippen MR) is 95.6 cm³/mol. The molecular weight excluding hydrogens is 304 g/mol. The molecule has 0 atom stereocenters. The van der Waals surface area contributed by atoms with E-state index in [0.29, 0.717) is 12.2 Å². The van der Waals surface area contributed by atoms with Crippen molar-refractivity contribution in [1.29, 1.82) is 0 Å². The Balaban J connectivity index is 2.05. The highest BCUT2D eigenvalue weighted by Gasteiger charge is 2.17. The molecule has 0 fully saturated rings. The molecular formula is C20H24O4. The lowest BCUT2D eigenvalue weighted by Gasteiger charge is -2.06. The Morgan fingerprint density at radius 3 is 2.50 bits per heavy atom. The summed E-state index contributed by atoms with van der Waals surface area (Å²) in [5, 5.41) is 2.00. The van der Waals surface area contributed by atoms with E-state index >= 15 is 0 Å². The molecule has 128 valence electrons. The van der Waals surface area contributed by atoms with Crippen molar-refractivity contribution in [2.45, 2.75) is 53.6 Å². The molecule has 0 aliphatic carbocycles. The lowest BCUT2D eigenvalue weighted by Crippen LogP contribution is -1.99. The molecule has 2 heterocycles. The third-order valence-corrected chi connectivity index (χ3v) is 4.56. The Bertz CT molecular complexity index is 930. The van der Waals surface area contributed by atoms with E-state index in [4.69, 9.17) is 13.6 Å². The van der Waals surface area contributed by atoms with Crippen molar-refractivity contribution < 1.29 is 13.6 Å². The molecule has 24 heavy (non-hydrogen) atoms. The minimum Gasteiger partial charge on any atom is -0.461 e. The van der Waals surface area contributed by atoms with Crippen LogP contribution in [0, 0.1) is 20.8 Å². The Morgan fingerprint density at radius 1 is 1.00 bits per heavy atom. The first kappa shape index (κ1) is 16.8. The van der Waals surface area contributed by atoms with Crippen molar-refractivity contribution in [3.05, 3.63) is 45.0 Å². The molecule has 0 unspecified atom stereocenters. The highest BCUT2D eigenvalue weighted by molar-refractivity contribution is 5.99. The van der Waals surface area contributed by atoms with E-state index in [1.165, 1.54) is 18.9 Å². The van der Waals surface area contributed by atoms with Crippen LogP contribution in [0.1, 0.15) is 48.6 Å². The lowest BCUT2D eigenvalue weighted by atomic mass is 10.0. The monoisotopic (exact) mass is 328 g/mol. The van der Waals surface area contributed by atoms with Crippen molar-refractivity contribution in [3.63, 3.8) is 0 Å². The van der Waals surface area contributed by atoms with Crippen molar-refractivity contribution in [1.82, 2.24) is 0 Å². The SMILES string of the molecule is CCCCCOCc1c(C)oc2c(C)c3oc(=O)cc(C)c3cc12. The maximum atomic E-state index is 11.7. The molecule has 0 bridgehead atoms. The zero-order valence-corrected chi connectivity index (χ0v) is 14.8. The van der Waals surface area contributed by atoms with Crippen molar-refractivity contribution in [2.24, 2.45) is 0 Å². The van der Waals surface area contributed by atoms with E-state index in [9.17, 15) is 4.79 Å². The number of rotatable bonds is 6. The van der Waals surface area contributed by atoms with Gasteiger partial charge < -0.3 is 13.6 Å². The van der Waals surface area contributed by atoms with Crippen LogP contribution in [0.25, 0.3) is 21.9 Å². The standard InChI is InChI=1S/C20H24O4/c1-5-6-7-8-22-11-17-14(4)23-20-13(3)19-15(10-16(17)20)12(2)9-18(21)24-19/h9-10H,5-8,11H2,1-4H3. The molecule has 0 saturated heterocycles. The summed E-state index contributed by atoms with van der Waals surface area (Å²) >= 11 is 0. The van der Waals surface area contributed by atoms with Gasteiger partial charge in [-0.05, 0) is 38.8 Å². The van der Waals surface area contributed by atoms with Gasteiger partial charge in [-0.1, -0.05) is 19.8 Å². The molecule has 4 heteroatoms. The molecule has 0 spiro atoms. The van der Waals surface area contributed by atoms with Crippen molar-refractivity contribution in [2.75, 3.05) is 6.61 Å². The highest BCUT2D eigenvalue weighted by atomic mass is 16.5. The zero-order chi connectivity index (χ0) is 17.3. The summed E-state index contributed by atoms with van der Waals surface area (Å²) in [6.45, 7) is 9.31. The topological polar surface area (TPSA) is 52.6 Å². The largest absolute Gasteiger partial charge is 0.461 e. The molecule has 0 amide bonds. The van der Waals surface area contributed by atoms with Crippen LogP contribution < -0.4 is 5.63 Å². The van der Waals surface area contributed by atoms with Crippen LogP contribution in [0.2, 0.25) is 0 Å². The second kappa shape index (κ2) is 6.81. The fraction of sp³-hybridized carbons (Fsp3) is 0.450. The Hall–Kier alpha value is -2.07. The maximum absolute atomic E-state index is 11.7. The van der Waals surface area contributed by atoms with Gasteiger partial charge in [0, 0.05) is 34.6 Å². The van der Waals surface area contributed by atoms with E-state index in [1.807, 2.05) is 20.8 Å². The molecule has 1 aromatic carbocycles. The fourth-order valence-electron chi connectivity index (χ4n) is 3.16. The normalized spacial score (nSPS) is 11.7. The van der Waals surface area contributed by atoms with Gasteiger partial charge in [-0.15, -0.1) is 0 Å². The number of hydrogen-bond donors (Lipinski definition) is 0. The van der Waals surface area contributed by atoms with E-state index < -0.39 is 0 Å². The highest BCUT2D eigenvalue weighted by Crippen LogP contribution is 2.34. The van der Waals surface area contributed by atoms with Crippen molar-refractivity contribution >= 4 is 21.9 Å². The second-order valence-corrected chi connectivity index (χ2v) is 6.40. The number of benzene rings is 1. The minimum absolute atomic E-state index is 0.329. The van der Waals surface area contributed by atoms with Gasteiger partial charge in [-0.3, -0.25) is 0 Å². The molecule has 0 aliphatic heterocycles. The Labute approximate surface area is 141 Å². The van der Waals surface area contributed by atoms with Crippen LogP contribution in [-0.4, -0.2) is 6.61 Å². The third kappa shape index (κ3) is 2.98. The molecule has 4 nitrogen and oxygen atoms in total. The zero-order valence-electron chi connectivity index (χ0n) is 14.8. The molecule has 0 saturated carbocycles. The van der Waals surface area contributed by atoms with Crippen LogP contribution in [0.15, 0.2) is 25.8 Å². The summed E-state index contributed by atoms with van der Waals surface area (Å²) in [6, 6.07) is 3.58. The average Bonchev–Trinajstić information content (AvgIpc) is 2.85. The van der Waals surface area contributed by atoms with Gasteiger partial charge in [0.05, 0.1) is 6.61 Å². The van der Waals surface area contributed by atoms with E-state index in [0.717, 1.165) is 51.8 Å². The first-order chi connectivity index (χ1) is 11.5. The average molecular weight is 328 g/mol. The van der Waals surface area contributed by atoms with Gasteiger partial charge in [0.25, 0.3) is 0 Å². The summed E-state index contributed by atoms with van der Waals surface area (Å²) in [4.78, 5) is 11.7. The molecule has 0 aliphatic rings. The summed E-state index contributed by atoms with van der Waals surface area (Å²) < 4.78 is 17.2. The van der Waals surface area contributed by atoms with Crippen LogP contribution in [-0.2, 0) is 11.3 Å². The molecule has 3 rings (SSSR count).